The van der Waals surface area contributed by atoms with Crippen LogP contribution in [0.3, 0.4) is 0 Å². The van der Waals surface area contributed by atoms with E-state index >= 15 is 0 Å². The van der Waals surface area contributed by atoms with Gasteiger partial charge in [0.05, 0.1) is 12.2 Å². The number of ketones is 1. The van der Waals surface area contributed by atoms with Crippen LogP contribution in [0.4, 0.5) is 0 Å². The minimum absolute atomic E-state index is 0.0543. The van der Waals surface area contributed by atoms with E-state index in [2.05, 4.69) is 25.7 Å². The molecule has 0 heterocycles. The highest BCUT2D eigenvalue weighted by Gasteiger charge is 2.60. The molecule has 3 heteroatoms. The van der Waals surface area contributed by atoms with Crippen LogP contribution in [0.1, 0.15) is 97.8 Å². The van der Waals surface area contributed by atoms with Gasteiger partial charge in [0.15, 0.2) is 0 Å². The fourth-order valence-electron chi connectivity index (χ4n) is 8.17. The topological polar surface area (TPSA) is 46.5 Å². The molecule has 4 saturated carbocycles. The maximum atomic E-state index is 11.0. The Morgan fingerprint density at radius 2 is 1.77 bits per heavy atom. The zero-order valence-electron chi connectivity index (χ0n) is 19.4. The monoisotopic (exact) mass is 414 g/mol. The molecule has 0 spiro atoms. The minimum Gasteiger partial charge on any atom is -0.393 e. The van der Waals surface area contributed by atoms with Gasteiger partial charge >= 0.3 is 0 Å². The van der Waals surface area contributed by atoms with E-state index in [-0.39, 0.29) is 11.9 Å². The predicted octanol–water partition coefficient (Wildman–Crippen LogP) is 5.54. The Morgan fingerprint density at radius 3 is 2.57 bits per heavy atom. The Bertz CT molecular complexity index is 690. The summed E-state index contributed by atoms with van der Waals surface area (Å²) in [6.45, 7) is 7.25. The third-order valence-electron chi connectivity index (χ3n) is 9.86. The Morgan fingerprint density at radius 1 is 1.00 bits per heavy atom. The van der Waals surface area contributed by atoms with Gasteiger partial charge in [-0.2, -0.15) is 0 Å². The maximum absolute atomic E-state index is 11.0. The number of Topliss-reactive ketones (excluding diaryl/α,β-unsaturated/α-hetero) is 1. The highest BCUT2D eigenvalue weighted by molar-refractivity contribution is 5.75. The lowest BCUT2D eigenvalue weighted by atomic mass is 9.45. The summed E-state index contributed by atoms with van der Waals surface area (Å²) < 4.78 is 6.36. The summed E-state index contributed by atoms with van der Waals surface area (Å²) in [5, 5.41) is 10.2. The van der Waals surface area contributed by atoms with E-state index in [9.17, 15) is 9.90 Å². The number of carbonyl (C=O) groups excluding carboxylic acids is 1. The van der Waals surface area contributed by atoms with Crippen LogP contribution in [0.5, 0.6) is 0 Å². The van der Waals surface area contributed by atoms with Crippen LogP contribution in [-0.4, -0.2) is 29.7 Å². The van der Waals surface area contributed by atoms with E-state index in [0.29, 0.717) is 30.0 Å². The first-order valence-corrected chi connectivity index (χ1v) is 12.6. The number of unbranched alkanes of at least 4 members (excludes halogenated alkanes) is 1. The highest BCUT2D eigenvalue weighted by atomic mass is 16.5. The number of aliphatic hydroxyl groups excluding tert-OH is 1. The van der Waals surface area contributed by atoms with Gasteiger partial charge in [-0.1, -0.05) is 19.8 Å². The van der Waals surface area contributed by atoms with Gasteiger partial charge in [-0.25, -0.2) is 0 Å². The van der Waals surface area contributed by atoms with Crippen LogP contribution >= 0.6 is 0 Å². The number of aliphatic hydroxyl groups is 1. The molecular weight excluding hydrogens is 372 g/mol. The molecule has 30 heavy (non-hydrogen) atoms. The van der Waals surface area contributed by atoms with Crippen molar-refractivity contribution in [2.24, 2.45) is 34.5 Å². The average molecular weight is 415 g/mol. The largest absolute Gasteiger partial charge is 0.393 e. The van der Waals surface area contributed by atoms with E-state index < -0.39 is 0 Å². The van der Waals surface area contributed by atoms with Gasteiger partial charge in [-0.05, 0) is 106 Å². The first-order valence-electron chi connectivity index (χ1n) is 12.6. The molecule has 0 bridgehead atoms. The molecule has 168 valence electrons. The highest BCUT2D eigenvalue weighted by Crippen LogP contribution is 2.66. The third kappa shape index (κ3) is 4.12. The van der Waals surface area contributed by atoms with Crippen molar-refractivity contribution in [3.05, 3.63) is 0 Å². The third-order valence-corrected chi connectivity index (χ3v) is 9.86. The van der Waals surface area contributed by atoms with Crippen molar-refractivity contribution in [3.8, 4) is 11.8 Å². The number of hydrogen-bond donors (Lipinski definition) is 1. The van der Waals surface area contributed by atoms with E-state index in [1.165, 1.54) is 44.9 Å². The van der Waals surface area contributed by atoms with Crippen molar-refractivity contribution in [3.63, 3.8) is 0 Å². The van der Waals surface area contributed by atoms with Gasteiger partial charge in [0.2, 0.25) is 0 Å². The first-order chi connectivity index (χ1) is 14.3. The molecule has 0 unspecified atom stereocenters. The molecule has 1 N–H and O–H groups in total. The van der Waals surface area contributed by atoms with Gasteiger partial charge in [0.25, 0.3) is 0 Å². The Labute approximate surface area is 183 Å². The summed E-state index contributed by atoms with van der Waals surface area (Å²) >= 11 is 0. The van der Waals surface area contributed by atoms with Gasteiger partial charge in [-0.15, -0.1) is 5.92 Å². The lowest BCUT2D eigenvalue weighted by Gasteiger charge is -2.60. The van der Waals surface area contributed by atoms with Crippen LogP contribution in [0, 0.1) is 46.3 Å². The molecule has 0 aliphatic heterocycles. The van der Waals surface area contributed by atoms with Crippen molar-refractivity contribution in [1.29, 1.82) is 0 Å². The van der Waals surface area contributed by atoms with Crippen LogP contribution < -0.4 is 0 Å². The van der Waals surface area contributed by atoms with Crippen molar-refractivity contribution in [2.45, 2.75) is 110 Å². The molecule has 0 aromatic carbocycles. The van der Waals surface area contributed by atoms with Crippen molar-refractivity contribution >= 4 is 5.78 Å². The number of carbonyl (C=O) groups is 1. The molecule has 4 aliphatic rings. The number of ether oxygens (including phenoxy) is 1. The molecule has 0 radical (unpaired) electrons. The standard InChI is InChI=1S/C27H42O3/c1-19(28)8-6-4-5-7-17-30-25-12-11-23-22-10-9-20-18-21(29)13-15-26(20,2)24(22)14-16-27(23,25)3/h20-25,29H,4,6,8-18H2,1-3H3/t20-,21+,22+,23+,24+,25+,26+,27+/m1/s1. The smallest absolute Gasteiger partial charge is 0.129 e. The first kappa shape index (κ1) is 22.3. The number of hydrogen-bond acceptors (Lipinski definition) is 3. The zero-order chi connectivity index (χ0) is 21.4. The lowest BCUT2D eigenvalue weighted by molar-refractivity contribution is -0.139. The molecule has 0 aromatic heterocycles. The van der Waals surface area contributed by atoms with Crippen LogP contribution in [0.2, 0.25) is 0 Å². The molecule has 4 aliphatic carbocycles. The molecular formula is C27H42O3. The molecule has 8 atom stereocenters. The SMILES string of the molecule is CC(=O)CCCC#CCO[C@H]1CC[C@H]2[C@@H]3CC[C@@H]4C[C@@H](O)CC[C@]4(C)[C@H]3CC[C@]12C. The Kier molecular flexibility index (Phi) is 6.67. The maximum Gasteiger partial charge on any atom is 0.129 e. The summed E-state index contributed by atoms with van der Waals surface area (Å²) in [5.41, 5.74) is 0.766. The normalized spacial score (nSPS) is 44.9. The summed E-state index contributed by atoms with van der Waals surface area (Å²) in [6.07, 6.45) is 13.7. The summed E-state index contributed by atoms with van der Waals surface area (Å²) in [4.78, 5) is 11.0. The van der Waals surface area contributed by atoms with Crippen LogP contribution in [-0.2, 0) is 9.53 Å². The van der Waals surface area contributed by atoms with E-state index in [0.717, 1.165) is 49.4 Å². The molecule has 0 saturated heterocycles. The fraction of sp³-hybridized carbons (Fsp3) is 0.889. The van der Waals surface area contributed by atoms with E-state index in [1.54, 1.807) is 6.92 Å². The predicted molar refractivity (Wildman–Crippen MR) is 120 cm³/mol. The van der Waals surface area contributed by atoms with E-state index in [1.807, 2.05) is 0 Å². The van der Waals surface area contributed by atoms with Crippen molar-refractivity contribution in [1.82, 2.24) is 0 Å². The second kappa shape index (κ2) is 8.95. The van der Waals surface area contributed by atoms with E-state index in [4.69, 9.17) is 4.74 Å². The molecule has 0 amide bonds. The minimum atomic E-state index is -0.0543. The quantitative estimate of drug-likeness (QED) is 0.475. The van der Waals surface area contributed by atoms with Gasteiger partial charge < -0.3 is 14.6 Å². The fourth-order valence-corrected chi connectivity index (χ4v) is 8.17. The Hall–Kier alpha value is -0.850. The summed E-state index contributed by atoms with van der Waals surface area (Å²) in [5.74, 6) is 9.87. The van der Waals surface area contributed by atoms with Gasteiger partial charge in [-0.3, -0.25) is 0 Å². The number of rotatable bonds is 5. The van der Waals surface area contributed by atoms with Crippen molar-refractivity contribution in [2.75, 3.05) is 6.61 Å². The zero-order valence-corrected chi connectivity index (χ0v) is 19.4. The molecule has 3 nitrogen and oxygen atoms in total. The lowest BCUT2D eigenvalue weighted by Crippen LogP contribution is -2.54. The summed E-state index contributed by atoms with van der Waals surface area (Å²) in [7, 11) is 0. The van der Waals surface area contributed by atoms with Gasteiger partial charge in [0.1, 0.15) is 12.4 Å². The molecule has 0 aromatic rings. The average Bonchev–Trinajstić information content (AvgIpc) is 3.04. The van der Waals surface area contributed by atoms with Crippen molar-refractivity contribution < 1.29 is 14.6 Å². The number of fused-ring (bicyclic) bond motifs is 5. The Balaban J connectivity index is 1.35. The summed E-state index contributed by atoms with van der Waals surface area (Å²) in [6, 6.07) is 0. The van der Waals surface area contributed by atoms with Crippen LogP contribution in [0.15, 0.2) is 0 Å². The van der Waals surface area contributed by atoms with Crippen LogP contribution in [0.25, 0.3) is 0 Å². The van der Waals surface area contributed by atoms with Gasteiger partial charge in [0, 0.05) is 12.8 Å². The molecule has 4 fully saturated rings. The molecule has 4 rings (SSSR count). The second-order valence-corrected chi connectivity index (χ2v) is 11.4. The second-order valence-electron chi connectivity index (χ2n) is 11.4.